The van der Waals surface area contributed by atoms with Gasteiger partial charge in [-0.1, -0.05) is 6.92 Å². The van der Waals surface area contributed by atoms with E-state index in [-0.39, 0.29) is 5.56 Å². The summed E-state index contributed by atoms with van der Waals surface area (Å²) in [5.74, 6) is -0.942. The van der Waals surface area contributed by atoms with Gasteiger partial charge in [-0.2, -0.15) is 0 Å². The predicted molar refractivity (Wildman–Crippen MR) is 61.4 cm³/mol. The molecule has 3 N–H and O–H groups in total. The fourth-order valence-corrected chi connectivity index (χ4v) is 1.98. The molecule has 1 aromatic rings. The van der Waals surface area contributed by atoms with Crippen LogP contribution in [-0.2, 0) is 6.42 Å². The second-order valence-electron chi connectivity index (χ2n) is 3.80. The molecule has 0 amide bonds. The van der Waals surface area contributed by atoms with Gasteiger partial charge >= 0.3 is 5.97 Å². The molecular formula is C12H17NO2. The van der Waals surface area contributed by atoms with E-state index in [1.165, 1.54) is 0 Å². The quantitative estimate of drug-likeness (QED) is 0.732. The molecule has 15 heavy (non-hydrogen) atoms. The van der Waals surface area contributed by atoms with E-state index in [1.807, 2.05) is 27.7 Å². The van der Waals surface area contributed by atoms with E-state index in [0.717, 1.165) is 28.7 Å². The topological polar surface area (TPSA) is 63.3 Å². The highest BCUT2D eigenvalue weighted by Gasteiger charge is 2.18. The molecule has 0 atom stereocenters. The molecule has 0 aliphatic carbocycles. The van der Waals surface area contributed by atoms with Crippen LogP contribution < -0.4 is 5.73 Å². The largest absolute Gasteiger partial charge is 0.478 e. The van der Waals surface area contributed by atoms with Crippen LogP contribution in [0.1, 0.15) is 39.5 Å². The first-order chi connectivity index (χ1) is 6.91. The Hall–Kier alpha value is -1.51. The first kappa shape index (κ1) is 11.6. The highest BCUT2D eigenvalue weighted by Crippen LogP contribution is 2.29. The van der Waals surface area contributed by atoms with Crippen molar-refractivity contribution in [3.05, 3.63) is 27.8 Å². The van der Waals surface area contributed by atoms with Gasteiger partial charge in [0.05, 0.1) is 5.56 Å². The number of carboxylic acids is 1. The number of rotatable bonds is 2. The molecule has 0 aromatic heterocycles. The van der Waals surface area contributed by atoms with Crippen molar-refractivity contribution in [2.75, 3.05) is 5.73 Å². The third-order valence-electron chi connectivity index (χ3n) is 3.11. The number of nitrogens with two attached hydrogens (primary N) is 1. The number of carbonyl (C=O) groups is 1. The first-order valence-electron chi connectivity index (χ1n) is 5.03. The highest BCUT2D eigenvalue weighted by atomic mass is 16.4. The molecule has 0 bridgehead atoms. The number of anilines is 1. The van der Waals surface area contributed by atoms with Gasteiger partial charge < -0.3 is 10.8 Å². The summed E-state index contributed by atoms with van der Waals surface area (Å²) in [6, 6.07) is 0. The maximum absolute atomic E-state index is 11.1. The fourth-order valence-electron chi connectivity index (χ4n) is 1.98. The van der Waals surface area contributed by atoms with Crippen LogP contribution in [0, 0.1) is 20.8 Å². The molecule has 0 heterocycles. The van der Waals surface area contributed by atoms with Gasteiger partial charge in [0, 0.05) is 5.69 Å². The zero-order chi connectivity index (χ0) is 11.7. The lowest BCUT2D eigenvalue weighted by molar-refractivity contribution is 0.0697. The smallest absolute Gasteiger partial charge is 0.338 e. The zero-order valence-corrected chi connectivity index (χ0v) is 9.64. The summed E-state index contributed by atoms with van der Waals surface area (Å²) in [6.45, 7) is 7.72. The molecule has 1 aromatic carbocycles. The average Bonchev–Trinajstić information content (AvgIpc) is 2.15. The molecule has 3 nitrogen and oxygen atoms in total. The molecule has 0 unspecified atom stereocenters. The van der Waals surface area contributed by atoms with Gasteiger partial charge in [-0.3, -0.25) is 0 Å². The van der Waals surface area contributed by atoms with E-state index in [4.69, 9.17) is 10.8 Å². The second-order valence-corrected chi connectivity index (χ2v) is 3.80. The second kappa shape index (κ2) is 3.93. The van der Waals surface area contributed by atoms with Gasteiger partial charge in [0.25, 0.3) is 0 Å². The Kier molecular flexibility index (Phi) is 3.03. The van der Waals surface area contributed by atoms with E-state index in [9.17, 15) is 4.79 Å². The van der Waals surface area contributed by atoms with Gasteiger partial charge in [-0.25, -0.2) is 4.79 Å². The Labute approximate surface area is 89.9 Å². The number of carboxylic acid groups (broad SMARTS) is 1. The molecule has 0 saturated heterocycles. The third-order valence-corrected chi connectivity index (χ3v) is 3.11. The number of nitrogen functional groups attached to an aromatic ring is 1. The van der Waals surface area contributed by atoms with Crippen LogP contribution in [0.5, 0.6) is 0 Å². The molecule has 0 saturated carbocycles. The minimum atomic E-state index is -0.942. The molecule has 0 aliphatic rings. The maximum Gasteiger partial charge on any atom is 0.338 e. The van der Waals surface area contributed by atoms with Crippen LogP contribution in [0.3, 0.4) is 0 Å². The first-order valence-corrected chi connectivity index (χ1v) is 5.03. The molecule has 1 rings (SSSR count). The van der Waals surface area contributed by atoms with Crippen molar-refractivity contribution in [3.8, 4) is 0 Å². The Balaban J connectivity index is 3.68. The molecular weight excluding hydrogens is 190 g/mol. The summed E-state index contributed by atoms with van der Waals surface area (Å²) in [6.07, 6.45) is 0.763. The molecule has 0 fully saturated rings. The fraction of sp³-hybridized carbons (Fsp3) is 0.417. The van der Waals surface area contributed by atoms with E-state index in [1.54, 1.807) is 0 Å². The lowest BCUT2D eigenvalue weighted by Crippen LogP contribution is -2.11. The van der Waals surface area contributed by atoms with Crippen LogP contribution in [0.4, 0.5) is 5.69 Å². The minimum absolute atomic E-state index is 0.259. The lowest BCUT2D eigenvalue weighted by atomic mass is 9.90. The normalized spacial score (nSPS) is 10.4. The van der Waals surface area contributed by atoms with Crippen molar-refractivity contribution in [3.63, 3.8) is 0 Å². The molecule has 0 aliphatic heterocycles. The third kappa shape index (κ3) is 1.69. The van der Waals surface area contributed by atoms with Gasteiger partial charge in [0.15, 0.2) is 0 Å². The van der Waals surface area contributed by atoms with E-state index < -0.39 is 5.97 Å². The Morgan fingerprint density at radius 1 is 1.20 bits per heavy atom. The van der Waals surface area contributed by atoms with Crippen molar-refractivity contribution < 1.29 is 9.90 Å². The number of hydrogen-bond acceptors (Lipinski definition) is 2. The lowest BCUT2D eigenvalue weighted by Gasteiger charge is -2.16. The maximum atomic E-state index is 11.1. The van der Waals surface area contributed by atoms with E-state index >= 15 is 0 Å². The summed E-state index contributed by atoms with van der Waals surface area (Å²) in [4.78, 5) is 11.1. The molecule has 82 valence electrons. The molecule has 0 radical (unpaired) electrons. The van der Waals surface area contributed by atoms with Crippen LogP contribution in [0.15, 0.2) is 0 Å². The Morgan fingerprint density at radius 2 is 1.73 bits per heavy atom. The average molecular weight is 207 g/mol. The van der Waals surface area contributed by atoms with Crippen LogP contribution in [-0.4, -0.2) is 11.1 Å². The number of hydrogen-bond donors (Lipinski definition) is 2. The Bertz CT molecular complexity index is 422. The van der Waals surface area contributed by atoms with Crippen molar-refractivity contribution in [2.45, 2.75) is 34.1 Å². The van der Waals surface area contributed by atoms with Gasteiger partial charge in [0.2, 0.25) is 0 Å². The van der Waals surface area contributed by atoms with Crippen LogP contribution in [0.2, 0.25) is 0 Å². The monoisotopic (exact) mass is 207 g/mol. The van der Waals surface area contributed by atoms with Crippen molar-refractivity contribution in [2.24, 2.45) is 0 Å². The number of aromatic carboxylic acids is 1. The van der Waals surface area contributed by atoms with E-state index in [2.05, 4.69) is 0 Å². The summed E-state index contributed by atoms with van der Waals surface area (Å²) < 4.78 is 0. The van der Waals surface area contributed by atoms with Crippen LogP contribution in [0.25, 0.3) is 0 Å². The summed E-state index contributed by atoms with van der Waals surface area (Å²) in [5, 5.41) is 9.10. The van der Waals surface area contributed by atoms with E-state index in [0.29, 0.717) is 5.69 Å². The van der Waals surface area contributed by atoms with Crippen LogP contribution >= 0.6 is 0 Å². The Morgan fingerprint density at radius 3 is 2.13 bits per heavy atom. The molecule has 0 spiro atoms. The van der Waals surface area contributed by atoms with Gasteiger partial charge in [-0.15, -0.1) is 0 Å². The summed E-state index contributed by atoms with van der Waals surface area (Å²) in [5.41, 5.74) is 10.4. The number of benzene rings is 1. The predicted octanol–water partition coefficient (Wildman–Crippen LogP) is 2.45. The van der Waals surface area contributed by atoms with Gasteiger partial charge in [-0.05, 0) is 49.4 Å². The highest BCUT2D eigenvalue weighted by molar-refractivity contribution is 5.97. The molecule has 3 heteroatoms. The van der Waals surface area contributed by atoms with Crippen molar-refractivity contribution in [1.29, 1.82) is 0 Å². The SMILES string of the molecule is CCc1c(C)c(C)c(C)c(C(=O)O)c1N. The zero-order valence-electron chi connectivity index (χ0n) is 9.64. The summed E-state index contributed by atoms with van der Waals surface area (Å²) >= 11 is 0. The standard InChI is InChI=1S/C12H17NO2/c1-5-9-7(3)6(2)8(4)10(11(9)13)12(14)15/h5,13H2,1-4H3,(H,14,15). The summed E-state index contributed by atoms with van der Waals surface area (Å²) in [7, 11) is 0. The van der Waals surface area contributed by atoms with Crippen molar-refractivity contribution >= 4 is 11.7 Å². The van der Waals surface area contributed by atoms with Gasteiger partial charge in [0.1, 0.15) is 0 Å². The minimum Gasteiger partial charge on any atom is -0.478 e. The van der Waals surface area contributed by atoms with Crippen molar-refractivity contribution in [1.82, 2.24) is 0 Å².